The standard InChI is InChI=1S/C17H23N5O2/c1-19-11-16(23)22(14-8-18-20(2)9-14)13-17(19)5-6-21(12-17)10-15-4-3-7-24-15/h3-4,7-9H,5-6,10-13H2,1-2H3/t17-/m0/s1. The van der Waals surface area contributed by atoms with Crippen molar-refractivity contribution in [3.05, 3.63) is 36.5 Å². The molecule has 1 atom stereocenters. The number of likely N-dealkylation sites (N-methyl/N-ethyl adjacent to an activating group) is 1. The van der Waals surface area contributed by atoms with Crippen molar-refractivity contribution in [3.63, 3.8) is 0 Å². The quantitative estimate of drug-likeness (QED) is 0.839. The number of aryl methyl sites for hydroxylation is 1. The van der Waals surface area contributed by atoms with E-state index in [0.29, 0.717) is 13.1 Å². The van der Waals surface area contributed by atoms with Gasteiger partial charge in [-0.1, -0.05) is 0 Å². The third-order valence-corrected chi connectivity index (χ3v) is 5.31. The molecule has 0 aliphatic carbocycles. The number of rotatable bonds is 3. The highest BCUT2D eigenvalue weighted by molar-refractivity contribution is 5.95. The zero-order valence-electron chi connectivity index (χ0n) is 14.2. The van der Waals surface area contributed by atoms with E-state index in [1.54, 1.807) is 17.1 Å². The van der Waals surface area contributed by atoms with Crippen LogP contribution in [0.2, 0.25) is 0 Å². The Balaban J connectivity index is 1.52. The number of carbonyl (C=O) groups is 1. The lowest BCUT2D eigenvalue weighted by atomic mass is 9.93. The van der Waals surface area contributed by atoms with E-state index in [0.717, 1.165) is 37.5 Å². The number of aromatic nitrogens is 2. The number of furan rings is 1. The first kappa shape index (κ1) is 15.4. The van der Waals surface area contributed by atoms with Gasteiger partial charge in [0.25, 0.3) is 0 Å². The molecule has 0 radical (unpaired) electrons. The molecule has 1 spiro atoms. The number of amides is 1. The van der Waals surface area contributed by atoms with Crippen LogP contribution in [-0.2, 0) is 18.4 Å². The van der Waals surface area contributed by atoms with Crippen molar-refractivity contribution >= 4 is 11.6 Å². The van der Waals surface area contributed by atoms with Gasteiger partial charge < -0.3 is 9.32 Å². The van der Waals surface area contributed by atoms with Gasteiger partial charge in [-0.2, -0.15) is 5.10 Å². The summed E-state index contributed by atoms with van der Waals surface area (Å²) in [6, 6.07) is 3.94. The average Bonchev–Trinajstić information content (AvgIpc) is 3.26. The van der Waals surface area contributed by atoms with E-state index in [2.05, 4.69) is 21.9 Å². The molecular formula is C17H23N5O2. The Kier molecular flexibility index (Phi) is 3.69. The first-order chi connectivity index (χ1) is 11.6. The Labute approximate surface area is 141 Å². The van der Waals surface area contributed by atoms with E-state index in [1.165, 1.54) is 0 Å². The normalized spacial score (nSPS) is 25.9. The zero-order valence-corrected chi connectivity index (χ0v) is 14.2. The Morgan fingerprint density at radius 3 is 2.92 bits per heavy atom. The van der Waals surface area contributed by atoms with Crippen molar-refractivity contribution in [1.29, 1.82) is 0 Å². The van der Waals surface area contributed by atoms with Gasteiger partial charge in [-0.05, 0) is 25.6 Å². The van der Waals surface area contributed by atoms with Crippen molar-refractivity contribution in [2.45, 2.75) is 18.5 Å². The largest absolute Gasteiger partial charge is 0.468 e. The predicted molar refractivity (Wildman–Crippen MR) is 89.5 cm³/mol. The Morgan fingerprint density at radius 2 is 2.21 bits per heavy atom. The summed E-state index contributed by atoms with van der Waals surface area (Å²) in [5.74, 6) is 1.13. The van der Waals surface area contributed by atoms with Crippen LogP contribution >= 0.6 is 0 Å². The molecule has 2 saturated heterocycles. The maximum Gasteiger partial charge on any atom is 0.241 e. The summed E-state index contributed by atoms with van der Waals surface area (Å²) in [6.07, 6.45) is 6.45. The smallest absolute Gasteiger partial charge is 0.241 e. The number of carbonyl (C=O) groups excluding carboxylic acids is 1. The molecule has 1 amide bonds. The summed E-state index contributed by atoms with van der Waals surface area (Å²) in [5.41, 5.74) is 0.885. The van der Waals surface area contributed by atoms with Crippen LogP contribution in [0, 0.1) is 0 Å². The zero-order chi connectivity index (χ0) is 16.7. The topological polar surface area (TPSA) is 57.8 Å². The van der Waals surface area contributed by atoms with E-state index >= 15 is 0 Å². The number of likely N-dealkylation sites (tertiary alicyclic amines) is 1. The molecular weight excluding hydrogens is 306 g/mol. The lowest BCUT2D eigenvalue weighted by Gasteiger charge is -2.46. The van der Waals surface area contributed by atoms with Gasteiger partial charge >= 0.3 is 0 Å². The molecule has 2 aromatic rings. The molecule has 2 fully saturated rings. The van der Waals surface area contributed by atoms with E-state index in [9.17, 15) is 4.79 Å². The molecule has 4 rings (SSSR count). The van der Waals surface area contributed by atoms with Gasteiger partial charge in [-0.3, -0.25) is 19.3 Å². The highest BCUT2D eigenvalue weighted by atomic mass is 16.3. The molecule has 0 saturated carbocycles. The van der Waals surface area contributed by atoms with E-state index in [-0.39, 0.29) is 11.4 Å². The molecule has 0 aromatic carbocycles. The highest BCUT2D eigenvalue weighted by Crippen LogP contribution is 2.33. The first-order valence-electron chi connectivity index (χ1n) is 8.31. The molecule has 0 unspecified atom stereocenters. The molecule has 2 aromatic heterocycles. The minimum absolute atomic E-state index is 0.00363. The molecule has 2 aliphatic rings. The SMILES string of the molecule is CN1CC(=O)N(c2cnn(C)c2)C[C@@]12CCN(Cc1ccco1)C2. The van der Waals surface area contributed by atoms with Crippen molar-refractivity contribution in [2.24, 2.45) is 7.05 Å². The lowest BCUT2D eigenvalue weighted by molar-refractivity contribution is -0.123. The molecule has 24 heavy (non-hydrogen) atoms. The van der Waals surface area contributed by atoms with Crippen LogP contribution in [0.25, 0.3) is 0 Å². The van der Waals surface area contributed by atoms with Gasteiger partial charge in [-0.25, -0.2) is 0 Å². The van der Waals surface area contributed by atoms with E-state index in [4.69, 9.17) is 4.42 Å². The molecule has 7 heteroatoms. The maximum absolute atomic E-state index is 12.5. The molecule has 7 nitrogen and oxygen atoms in total. The van der Waals surface area contributed by atoms with Crippen LogP contribution in [-0.4, -0.2) is 64.3 Å². The number of piperazine rings is 1. The van der Waals surface area contributed by atoms with Gasteiger partial charge in [0.15, 0.2) is 0 Å². The van der Waals surface area contributed by atoms with Crippen LogP contribution in [0.4, 0.5) is 5.69 Å². The monoisotopic (exact) mass is 329 g/mol. The fraction of sp³-hybridized carbons (Fsp3) is 0.529. The predicted octanol–water partition coefficient (Wildman–Crippen LogP) is 0.936. The van der Waals surface area contributed by atoms with Crippen LogP contribution in [0.1, 0.15) is 12.2 Å². The summed E-state index contributed by atoms with van der Waals surface area (Å²) in [4.78, 5) is 19.0. The van der Waals surface area contributed by atoms with Crippen LogP contribution in [0.15, 0.2) is 35.2 Å². The minimum atomic E-state index is -0.00363. The number of hydrogen-bond donors (Lipinski definition) is 0. The minimum Gasteiger partial charge on any atom is -0.468 e. The van der Waals surface area contributed by atoms with Crippen LogP contribution < -0.4 is 4.90 Å². The maximum atomic E-state index is 12.5. The van der Waals surface area contributed by atoms with Gasteiger partial charge in [0.1, 0.15) is 5.76 Å². The highest BCUT2D eigenvalue weighted by Gasteiger charge is 2.47. The third kappa shape index (κ3) is 2.63. The van der Waals surface area contributed by atoms with Gasteiger partial charge in [-0.15, -0.1) is 0 Å². The second kappa shape index (κ2) is 5.75. The second-order valence-corrected chi connectivity index (χ2v) is 6.97. The summed E-state index contributed by atoms with van der Waals surface area (Å²) in [5, 5.41) is 4.21. The van der Waals surface area contributed by atoms with Crippen LogP contribution in [0.5, 0.6) is 0 Å². The summed E-state index contributed by atoms with van der Waals surface area (Å²) in [6.45, 7) is 3.93. The van der Waals surface area contributed by atoms with Gasteiger partial charge in [0, 0.05) is 32.9 Å². The van der Waals surface area contributed by atoms with Gasteiger partial charge in [0.05, 0.1) is 36.8 Å². The van der Waals surface area contributed by atoms with Crippen molar-refractivity contribution in [3.8, 4) is 0 Å². The molecule has 0 bridgehead atoms. The lowest BCUT2D eigenvalue weighted by Crippen LogP contribution is -2.64. The molecule has 128 valence electrons. The summed E-state index contributed by atoms with van der Waals surface area (Å²) < 4.78 is 7.22. The Hall–Kier alpha value is -2.12. The molecule has 0 N–H and O–H groups in total. The number of hydrogen-bond acceptors (Lipinski definition) is 5. The average molecular weight is 329 g/mol. The summed E-state index contributed by atoms with van der Waals surface area (Å²) in [7, 11) is 3.94. The van der Waals surface area contributed by atoms with Crippen molar-refractivity contribution < 1.29 is 9.21 Å². The summed E-state index contributed by atoms with van der Waals surface area (Å²) >= 11 is 0. The Bertz CT molecular complexity index is 725. The van der Waals surface area contributed by atoms with Gasteiger partial charge in [0.2, 0.25) is 5.91 Å². The van der Waals surface area contributed by atoms with Crippen molar-refractivity contribution in [1.82, 2.24) is 19.6 Å². The van der Waals surface area contributed by atoms with Crippen molar-refractivity contribution in [2.75, 3.05) is 38.1 Å². The number of anilines is 1. The van der Waals surface area contributed by atoms with E-state index < -0.39 is 0 Å². The first-order valence-corrected chi connectivity index (χ1v) is 8.31. The molecule has 4 heterocycles. The Morgan fingerprint density at radius 1 is 1.33 bits per heavy atom. The molecule has 2 aliphatic heterocycles. The fourth-order valence-corrected chi connectivity index (χ4v) is 3.88. The van der Waals surface area contributed by atoms with E-state index in [1.807, 2.05) is 30.3 Å². The number of nitrogens with zero attached hydrogens (tertiary/aromatic N) is 5. The second-order valence-electron chi connectivity index (χ2n) is 6.97. The third-order valence-electron chi connectivity index (χ3n) is 5.31. The fourth-order valence-electron chi connectivity index (χ4n) is 3.88. The van der Waals surface area contributed by atoms with Crippen LogP contribution in [0.3, 0.4) is 0 Å².